The molecule has 2 N–H and O–H groups in total. The van der Waals surface area contributed by atoms with Crippen molar-refractivity contribution in [2.75, 3.05) is 0 Å². The Morgan fingerprint density at radius 2 is 2.15 bits per heavy atom. The molecule has 0 unspecified atom stereocenters. The predicted molar refractivity (Wildman–Crippen MR) is 51.4 cm³/mol. The Labute approximate surface area is 77.4 Å². The number of nitrogens with two attached hydrogens (primary N) is 1. The Bertz CT molecular complexity index is 349. The van der Waals surface area contributed by atoms with Gasteiger partial charge in [0, 0.05) is 24.0 Å². The molecule has 0 aliphatic rings. The Balaban J connectivity index is 3.41. The Kier molecular flexibility index (Phi) is 2.52. The molecule has 0 spiro atoms. The molecule has 0 saturated heterocycles. The third-order valence-corrected chi connectivity index (χ3v) is 1.81. The lowest BCUT2D eigenvalue weighted by molar-refractivity contribution is 0.364. The van der Waals surface area contributed by atoms with Gasteiger partial charge in [0.1, 0.15) is 0 Å². The van der Waals surface area contributed by atoms with Crippen LogP contribution in [0.4, 0.5) is 0 Å². The van der Waals surface area contributed by atoms with Crippen LogP contribution in [-0.2, 0) is 12.1 Å². The zero-order chi connectivity index (χ0) is 10.1. The molecule has 1 heterocycles. The van der Waals surface area contributed by atoms with Crippen LogP contribution in [0.1, 0.15) is 26.5 Å². The lowest BCUT2D eigenvalue weighted by Gasteiger charge is -2.24. The van der Waals surface area contributed by atoms with E-state index in [9.17, 15) is 4.79 Å². The summed E-state index contributed by atoms with van der Waals surface area (Å²) in [5.41, 5.74) is 5.84. The Hall–Kier alpha value is -1.16. The summed E-state index contributed by atoms with van der Waals surface area (Å²) in [5.74, 6) is 0. The standard InChI is InChI=1S/C9H15N3O/c1-9(2,3)12-7(6-10)4-5-11-8(12)13/h4-5H,6,10H2,1-3H3. The first-order chi connectivity index (χ1) is 5.96. The minimum absolute atomic E-state index is 0.240. The van der Waals surface area contributed by atoms with Crippen molar-refractivity contribution in [3.05, 3.63) is 28.4 Å². The van der Waals surface area contributed by atoms with E-state index in [1.165, 1.54) is 6.20 Å². The average molecular weight is 181 g/mol. The highest BCUT2D eigenvalue weighted by Crippen LogP contribution is 2.12. The van der Waals surface area contributed by atoms with E-state index in [1.54, 1.807) is 10.6 Å². The summed E-state index contributed by atoms with van der Waals surface area (Å²) in [6, 6.07) is 1.77. The fraction of sp³-hybridized carbons (Fsp3) is 0.556. The third-order valence-electron chi connectivity index (χ3n) is 1.81. The second-order valence-corrected chi connectivity index (χ2v) is 3.93. The van der Waals surface area contributed by atoms with E-state index in [0.717, 1.165) is 5.69 Å². The van der Waals surface area contributed by atoms with Crippen molar-refractivity contribution in [2.45, 2.75) is 32.9 Å². The van der Waals surface area contributed by atoms with Crippen LogP contribution in [0, 0.1) is 0 Å². The van der Waals surface area contributed by atoms with Gasteiger partial charge < -0.3 is 5.73 Å². The Morgan fingerprint density at radius 3 is 2.54 bits per heavy atom. The van der Waals surface area contributed by atoms with Crippen molar-refractivity contribution >= 4 is 0 Å². The van der Waals surface area contributed by atoms with Gasteiger partial charge in [0.05, 0.1) is 0 Å². The molecule has 0 amide bonds. The van der Waals surface area contributed by atoms with Crippen molar-refractivity contribution < 1.29 is 0 Å². The fourth-order valence-electron chi connectivity index (χ4n) is 1.32. The number of aromatic nitrogens is 2. The zero-order valence-electron chi connectivity index (χ0n) is 8.24. The molecule has 0 bridgehead atoms. The first kappa shape index (κ1) is 9.92. The van der Waals surface area contributed by atoms with Crippen molar-refractivity contribution in [1.82, 2.24) is 9.55 Å². The third kappa shape index (κ3) is 1.95. The van der Waals surface area contributed by atoms with E-state index >= 15 is 0 Å². The molecule has 0 aliphatic carbocycles. The van der Waals surface area contributed by atoms with E-state index in [1.807, 2.05) is 20.8 Å². The zero-order valence-corrected chi connectivity index (χ0v) is 8.24. The van der Waals surface area contributed by atoms with Crippen molar-refractivity contribution in [1.29, 1.82) is 0 Å². The molecule has 0 aromatic carbocycles. The highest BCUT2D eigenvalue weighted by atomic mass is 16.1. The van der Waals surface area contributed by atoms with Crippen molar-refractivity contribution in [3.8, 4) is 0 Å². The summed E-state index contributed by atoms with van der Waals surface area (Å²) in [6.45, 7) is 6.22. The van der Waals surface area contributed by atoms with Crippen LogP contribution >= 0.6 is 0 Å². The van der Waals surface area contributed by atoms with E-state index in [4.69, 9.17) is 5.73 Å². The molecule has 1 aromatic heterocycles. The largest absolute Gasteiger partial charge is 0.348 e. The van der Waals surface area contributed by atoms with Gasteiger partial charge in [-0.15, -0.1) is 0 Å². The normalized spacial score (nSPS) is 11.7. The molecule has 1 rings (SSSR count). The highest BCUT2D eigenvalue weighted by Gasteiger charge is 2.17. The predicted octanol–water partition coefficient (Wildman–Crippen LogP) is 0.457. The minimum atomic E-state index is -0.264. The molecule has 0 atom stereocenters. The molecule has 0 aliphatic heterocycles. The quantitative estimate of drug-likeness (QED) is 0.684. The molecule has 4 heteroatoms. The maximum Gasteiger partial charge on any atom is 0.348 e. The van der Waals surface area contributed by atoms with E-state index < -0.39 is 0 Å². The van der Waals surface area contributed by atoms with Gasteiger partial charge >= 0.3 is 5.69 Å². The van der Waals surface area contributed by atoms with Crippen LogP contribution in [0.3, 0.4) is 0 Å². The number of rotatable bonds is 1. The average Bonchev–Trinajstić information content (AvgIpc) is 2.01. The van der Waals surface area contributed by atoms with Gasteiger partial charge in [-0.2, -0.15) is 0 Å². The van der Waals surface area contributed by atoms with Gasteiger partial charge in [0.25, 0.3) is 0 Å². The summed E-state index contributed by atoms with van der Waals surface area (Å²) in [5, 5.41) is 0. The fourth-order valence-corrected chi connectivity index (χ4v) is 1.32. The van der Waals surface area contributed by atoms with Crippen LogP contribution in [0.25, 0.3) is 0 Å². The highest BCUT2D eigenvalue weighted by molar-refractivity contribution is 5.03. The topological polar surface area (TPSA) is 60.9 Å². The monoisotopic (exact) mass is 181 g/mol. The van der Waals surface area contributed by atoms with Crippen LogP contribution in [0.2, 0.25) is 0 Å². The van der Waals surface area contributed by atoms with Gasteiger partial charge in [-0.3, -0.25) is 4.57 Å². The van der Waals surface area contributed by atoms with Crippen LogP contribution < -0.4 is 11.4 Å². The van der Waals surface area contributed by atoms with Crippen molar-refractivity contribution in [3.63, 3.8) is 0 Å². The van der Waals surface area contributed by atoms with Crippen LogP contribution in [0.5, 0.6) is 0 Å². The molecule has 0 saturated carbocycles. The van der Waals surface area contributed by atoms with Crippen LogP contribution in [0.15, 0.2) is 17.1 Å². The van der Waals surface area contributed by atoms with E-state index in [0.29, 0.717) is 6.54 Å². The maximum absolute atomic E-state index is 11.4. The lowest BCUT2D eigenvalue weighted by Crippen LogP contribution is -2.38. The SMILES string of the molecule is CC(C)(C)n1c(CN)ccnc1=O. The van der Waals surface area contributed by atoms with Gasteiger partial charge in [-0.25, -0.2) is 9.78 Å². The molecular formula is C9H15N3O. The van der Waals surface area contributed by atoms with Crippen LogP contribution in [-0.4, -0.2) is 9.55 Å². The smallest absolute Gasteiger partial charge is 0.325 e. The molecule has 1 aromatic rings. The molecule has 4 nitrogen and oxygen atoms in total. The van der Waals surface area contributed by atoms with E-state index in [-0.39, 0.29) is 11.2 Å². The first-order valence-electron chi connectivity index (χ1n) is 4.24. The molecule has 0 radical (unpaired) electrons. The second kappa shape index (κ2) is 3.30. The molecular weight excluding hydrogens is 166 g/mol. The van der Waals surface area contributed by atoms with Gasteiger partial charge in [-0.05, 0) is 26.8 Å². The molecule has 72 valence electrons. The van der Waals surface area contributed by atoms with Gasteiger partial charge in [-0.1, -0.05) is 0 Å². The van der Waals surface area contributed by atoms with Crippen molar-refractivity contribution in [2.24, 2.45) is 5.73 Å². The number of hydrogen-bond acceptors (Lipinski definition) is 3. The lowest BCUT2D eigenvalue weighted by atomic mass is 10.1. The summed E-state index contributed by atoms with van der Waals surface area (Å²) in [7, 11) is 0. The maximum atomic E-state index is 11.4. The Morgan fingerprint density at radius 1 is 1.54 bits per heavy atom. The van der Waals surface area contributed by atoms with Gasteiger partial charge in [0.2, 0.25) is 0 Å². The summed E-state index contributed by atoms with van der Waals surface area (Å²) < 4.78 is 1.62. The number of nitrogens with zero attached hydrogens (tertiary/aromatic N) is 2. The van der Waals surface area contributed by atoms with E-state index in [2.05, 4.69) is 4.98 Å². The summed E-state index contributed by atoms with van der Waals surface area (Å²) >= 11 is 0. The molecule has 13 heavy (non-hydrogen) atoms. The second-order valence-electron chi connectivity index (χ2n) is 3.93. The van der Waals surface area contributed by atoms with Gasteiger partial charge in [0.15, 0.2) is 0 Å². The summed E-state index contributed by atoms with van der Waals surface area (Å²) in [6.07, 6.45) is 1.49. The summed E-state index contributed by atoms with van der Waals surface area (Å²) in [4.78, 5) is 15.1. The minimum Gasteiger partial charge on any atom is -0.325 e. The molecule has 0 fully saturated rings. The number of hydrogen-bond donors (Lipinski definition) is 1. The first-order valence-corrected chi connectivity index (χ1v) is 4.24.